The van der Waals surface area contributed by atoms with Gasteiger partial charge in [-0.1, -0.05) is 87.5 Å². The van der Waals surface area contributed by atoms with E-state index in [1.165, 1.54) is 49.4 Å². The highest BCUT2D eigenvalue weighted by atomic mass is 35.5. The van der Waals surface area contributed by atoms with Gasteiger partial charge in [0.25, 0.3) is 5.56 Å². The Hall–Kier alpha value is -2.99. The largest absolute Gasteiger partial charge is 0.487 e. The molecule has 0 unspecified atom stereocenters. The highest BCUT2D eigenvalue weighted by Crippen LogP contribution is 2.39. The first-order valence-electron chi connectivity index (χ1n) is 12.9. The third kappa shape index (κ3) is 7.06. The molecule has 2 heterocycles. The van der Waals surface area contributed by atoms with Crippen LogP contribution in [0, 0.1) is 0 Å². The van der Waals surface area contributed by atoms with Crippen LogP contribution < -0.4 is 19.6 Å². The number of halogens is 8. The van der Waals surface area contributed by atoms with E-state index >= 15 is 0 Å². The summed E-state index contributed by atoms with van der Waals surface area (Å²) in [6.07, 6.45) is -3.67. The first-order valence-corrected chi connectivity index (χ1v) is 15.6. The molecule has 0 fully saturated rings. The van der Waals surface area contributed by atoms with Gasteiger partial charge >= 0.3 is 12.1 Å². The first kappa shape index (κ1) is 33.4. The summed E-state index contributed by atoms with van der Waals surface area (Å²) in [6.45, 7) is 1.22. The fraction of sp³-hybridized carbons (Fsp3) is 0.167. The molecule has 1 atom stereocenters. The zero-order valence-electron chi connectivity index (χ0n) is 22.7. The zero-order valence-corrected chi connectivity index (χ0v) is 27.3. The smallest absolute Gasteiger partial charge is 0.434 e. The van der Waals surface area contributed by atoms with Crippen LogP contribution in [0.1, 0.15) is 29.7 Å². The van der Waals surface area contributed by atoms with Gasteiger partial charge in [0.05, 0.1) is 27.8 Å². The average Bonchev–Trinajstić information content (AvgIpc) is 3.27. The van der Waals surface area contributed by atoms with Crippen molar-refractivity contribution in [2.45, 2.75) is 25.7 Å². The number of fused-ring (bicyclic) bond motifs is 1. The van der Waals surface area contributed by atoms with Gasteiger partial charge in [-0.15, -0.1) is 0 Å². The maximum absolute atomic E-state index is 14.4. The molecule has 0 aliphatic carbocycles. The second-order valence-electron chi connectivity index (χ2n) is 9.45. The van der Waals surface area contributed by atoms with Gasteiger partial charge in [0.1, 0.15) is 12.4 Å². The number of alkyl halides is 3. The molecule has 1 aliphatic rings. The molecule has 45 heavy (non-hydrogen) atoms. The molecule has 4 aromatic rings. The van der Waals surface area contributed by atoms with Gasteiger partial charge in [-0.25, -0.2) is 9.79 Å². The summed E-state index contributed by atoms with van der Waals surface area (Å²) >= 11 is 31.7. The van der Waals surface area contributed by atoms with Crippen molar-refractivity contribution in [3.05, 3.63) is 127 Å². The molecule has 0 spiro atoms. The minimum atomic E-state index is -5.05. The highest BCUT2D eigenvalue weighted by molar-refractivity contribution is 7.07. The van der Waals surface area contributed by atoms with Crippen molar-refractivity contribution in [2.24, 2.45) is 4.99 Å². The van der Waals surface area contributed by atoms with E-state index in [0.29, 0.717) is 32.0 Å². The van der Waals surface area contributed by atoms with E-state index in [1.807, 2.05) is 0 Å². The van der Waals surface area contributed by atoms with Gasteiger partial charge < -0.3 is 9.47 Å². The number of thiazole rings is 1. The molecular formula is C30H18Cl5F3N2O4S. The molecule has 0 bridgehead atoms. The van der Waals surface area contributed by atoms with Crippen LogP contribution in [0.3, 0.4) is 0 Å². The average molecular weight is 737 g/mol. The molecule has 15 heteroatoms. The van der Waals surface area contributed by atoms with Gasteiger partial charge in [0.2, 0.25) is 0 Å². The number of aromatic nitrogens is 1. The maximum atomic E-state index is 14.4. The monoisotopic (exact) mass is 734 g/mol. The number of allylic oxidation sites excluding steroid dienone is 1. The van der Waals surface area contributed by atoms with Gasteiger partial charge in [-0.2, -0.15) is 13.2 Å². The number of carbonyl (C=O) groups is 1. The van der Waals surface area contributed by atoms with Crippen molar-refractivity contribution in [1.82, 2.24) is 4.57 Å². The Labute approximate surface area is 282 Å². The van der Waals surface area contributed by atoms with Crippen LogP contribution in [-0.2, 0) is 16.1 Å². The molecule has 5 rings (SSSR count). The lowest BCUT2D eigenvalue weighted by Gasteiger charge is -2.26. The lowest BCUT2D eigenvalue weighted by molar-refractivity contribution is -0.140. The Balaban J connectivity index is 1.71. The molecule has 3 aromatic carbocycles. The zero-order chi connectivity index (χ0) is 32.6. The second-order valence-corrected chi connectivity index (χ2v) is 12.6. The van der Waals surface area contributed by atoms with E-state index in [0.717, 1.165) is 4.57 Å². The Morgan fingerprint density at radius 3 is 2.29 bits per heavy atom. The summed E-state index contributed by atoms with van der Waals surface area (Å²) in [6, 6.07) is 12.0. The Morgan fingerprint density at radius 1 is 0.978 bits per heavy atom. The molecule has 0 saturated carbocycles. The van der Waals surface area contributed by atoms with E-state index in [-0.39, 0.29) is 49.5 Å². The van der Waals surface area contributed by atoms with Crippen LogP contribution in [0.15, 0.2) is 75.7 Å². The molecule has 6 nitrogen and oxygen atoms in total. The number of esters is 1. The minimum absolute atomic E-state index is 0.0339. The lowest BCUT2D eigenvalue weighted by atomic mass is 9.95. The maximum Gasteiger partial charge on any atom is 0.434 e. The van der Waals surface area contributed by atoms with Crippen LogP contribution in [-0.4, -0.2) is 23.3 Å². The predicted molar refractivity (Wildman–Crippen MR) is 169 cm³/mol. The molecule has 0 amide bonds. The number of hydrogen-bond acceptors (Lipinski definition) is 6. The van der Waals surface area contributed by atoms with Crippen molar-refractivity contribution in [1.29, 1.82) is 0 Å². The fourth-order valence-electron chi connectivity index (χ4n) is 4.57. The number of rotatable bonds is 7. The summed E-state index contributed by atoms with van der Waals surface area (Å²) < 4.78 is 55.1. The van der Waals surface area contributed by atoms with Crippen molar-refractivity contribution in [3.63, 3.8) is 0 Å². The van der Waals surface area contributed by atoms with E-state index in [9.17, 15) is 22.8 Å². The van der Waals surface area contributed by atoms with Crippen LogP contribution in [0.4, 0.5) is 13.2 Å². The molecule has 1 aromatic heterocycles. The van der Waals surface area contributed by atoms with Crippen LogP contribution in [0.2, 0.25) is 25.1 Å². The number of nitrogens with zero attached hydrogens (tertiary/aromatic N) is 2. The summed E-state index contributed by atoms with van der Waals surface area (Å²) in [5, 5.41) is 1.39. The molecule has 0 N–H and O–H groups in total. The van der Waals surface area contributed by atoms with Crippen LogP contribution in [0.25, 0.3) is 6.08 Å². The number of hydrogen-bond donors (Lipinski definition) is 0. The van der Waals surface area contributed by atoms with E-state index in [4.69, 9.17) is 67.5 Å². The van der Waals surface area contributed by atoms with Crippen LogP contribution >= 0.6 is 69.3 Å². The molecular weight excluding hydrogens is 719 g/mol. The molecule has 234 valence electrons. The first-order chi connectivity index (χ1) is 21.3. The highest BCUT2D eigenvalue weighted by Gasteiger charge is 2.45. The summed E-state index contributed by atoms with van der Waals surface area (Å²) in [4.78, 5) is 30.4. The van der Waals surface area contributed by atoms with Gasteiger partial charge in [0, 0.05) is 31.2 Å². The predicted octanol–water partition coefficient (Wildman–Crippen LogP) is 8.19. The normalized spacial score (nSPS) is 15.1. The van der Waals surface area contributed by atoms with Crippen molar-refractivity contribution < 1.29 is 27.4 Å². The summed E-state index contributed by atoms with van der Waals surface area (Å²) in [7, 11) is 0. The van der Waals surface area contributed by atoms with E-state index < -0.39 is 35.0 Å². The second kappa shape index (κ2) is 13.4. The summed E-state index contributed by atoms with van der Waals surface area (Å²) in [5.41, 5.74) is -2.01. The topological polar surface area (TPSA) is 69.9 Å². The SMILES string of the molecule is CCOC(=O)C1=C(C(F)(F)F)N=c2s/c(=C\c3cc(Cl)cc(Cl)c3OCc3ccc(Cl)cc3Cl)c(=O)n2[C@H]1c1ccc(Cl)cc1. The Bertz CT molecular complexity index is 2030. The fourth-order valence-corrected chi connectivity index (χ4v) is 6.72. The van der Waals surface area contributed by atoms with Crippen molar-refractivity contribution in [3.8, 4) is 5.75 Å². The standard InChI is InChI=1S/C30H18Cl5F3N2O4S/c1-2-43-28(42)23-24(14-3-6-17(31)7-4-14)40-27(41)22(45-29(40)39-26(23)30(36,37)38)10-16-9-19(33)12-21(35)25(16)44-13-15-5-8-18(32)11-20(15)34/h3-12,24H,2,13H2,1H3/b22-10-/t24-/m0/s1. The number of carbonyl (C=O) groups excluding carboxylic acids is 1. The molecule has 1 aliphatic heterocycles. The van der Waals surface area contributed by atoms with E-state index in [1.54, 1.807) is 18.2 Å². The lowest BCUT2D eigenvalue weighted by Crippen LogP contribution is -2.41. The van der Waals surface area contributed by atoms with Gasteiger partial charge in [-0.05, 0) is 55.0 Å². The van der Waals surface area contributed by atoms with Gasteiger partial charge in [-0.3, -0.25) is 9.36 Å². The molecule has 0 radical (unpaired) electrons. The van der Waals surface area contributed by atoms with Crippen molar-refractivity contribution in [2.75, 3.05) is 6.61 Å². The Kier molecular flexibility index (Phi) is 9.93. The minimum Gasteiger partial charge on any atom is -0.487 e. The summed E-state index contributed by atoms with van der Waals surface area (Å²) in [5.74, 6) is -1.13. The quantitative estimate of drug-likeness (QED) is 0.180. The van der Waals surface area contributed by atoms with Crippen LogP contribution in [0.5, 0.6) is 5.75 Å². The number of ether oxygens (including phenoxy) is 2. The Morgan fingerprint density at radius 2 is 1.64 bits per heavy atom. The molecule has 0 saturated heterocycles. The van der Waals surface area contributed by atoms with Gasteiger partial charge in [0.15, 0.2) is 10.5 Å². The number of benzene rings is 3. The van der Waals surface area contributed by atoms with Crippen molar-refractivity contribution >= 4 is 81.4 Å². The third-order valence-corrected chi connectivity index (χ3v) is 8.81. The van der Waals surface area contributed by atoms with E-state index in [2.05, 4.69) is 4.99 Å². The third-order valence-electron chi connectivity index (χ3n) is 6.49.